The number of anilines is 1. The Labute approximate surface area is 118 Å². The molecule has 3 heterocycles. The molecule has 0 saturated carbocycles. The lowest BCUT2D eigenvalue weighted by atomic mass is 10.1. The van der Waals surface area contributed by atoms with Gasteiger partial charge in [0.25, 0.3) is 6.47 Å². The average molecular weight is 295 g/mol. The van der Waals surface area contributed by atoms with E-state index in [1.807, 2.05) is 0 Å². The minimum absolute atomic E-state index is 0.165. The van der Waals surface area contributed by atoms with Gasteiger partial charge in [0.15, 0.2) is 17.7 Å². The van der Waals surface area contributed by atoms with Crippen LogP contribution in [0, 0.1) is 0 Å². The molecule has 1 aliphatic heterocycles. The van der Waals surface area contributed by atoms with Crippen LogP contribution >= 0.6 is 0 Å². The molecule has 0 aliphatic carbocycles. The van der Waals surface area contributed by atoms with Crippen molar-refractivity contribution in [1.82, 2.24) is 19.5 Å². The highest BCUT2D eigenvalue weighted by molar-refractivity contribution is 5.81. The summed E-state index contributed by atoms with van der Waals surface area (Å²) in [5, 5.41) is 20.0. The third-order valence-corrected chi connectivity index (χ3v) is 3.33. The molecule has 21 heavy (non-hydrogen) atoms. The largest absolute Gasteiger partial charge is 0.465 e. The number of fused-ring (bicyclic) bond motifs is 1. The summed E-state index contributed by atoms with van der Waals surface area (Å²) in [4.78, 5) is 22.1. The standard InChI is InChI=1S/C11H13N5O5/c12-9-6-10(14-2-13-9)16(3-15-6)11-8(19)7(18)5(21-11)1-20-4-17/h2-5,7-8,11,18-19H,1H2,(H2,12,13,14)/t5-,7+,8+,11+/m0/s1. The fourth-order valence-electron chi connectivity index (χ4n) is 2.29. The van der Waals surface area contributed by atoms with Gasteiger partial charge in [-0.2, -0.15) is 0 Å². The summed E-state index contributed by atoms with van der Waals surface area (Å²) in [6.07, 6.45) is -1.53. The van der Waals surface area contributed by atoms with Gasteiger partial charge < -0.3 is 25.4 Å². The van der Waals surface area contributed by atoms with Gasteiger partial charge in [0.2, 0.25) is 0 Å². The number of carbonyl (C=O) groups is 1. The fourth-order valence-corrected chi connectivity index (χ4v) is 2.29. The average Bonchev–Trinajstić information content (AvgIpc) is 3.02. The second-order valence-electron chi connectivity index (χ2n) is 4.56. The van der Waals surface area contributed by atoms with Crippen molar-refractivity contribution >= 4 is 23.5 Å². The molecule has 0 amide bonds. The van der Waals surface area contributed by atoms with Gasteiger partial charge in [-0.3, -0.25) is 9.36 Å². The van der Waals surface area contributed by atoms with E-state index in [-0.39, 0.29) is 18.9 Å². The van der Waals surface area contributed by atoms with E-state index in [2.05, 4.69) is 19.7 Å². The van der Waals surface area contributed by atoms with Crippen molar-refractivity contribution in [2.45, 2.75) is 24.5 Å². The van der Waals surface area contributed by atoms with Crippen LogP contribution in [0.15, 0.2) is 12.7 Å². The quantitative estimate of drug-likeness (QED) is 0.556. The van der Waals surface area contributed by atoms with Gasteiger partial charge in [-0.05, 0) is 0 Å². The van der Waals surface area contributed by atoms with Crippen LogP contribution in [0.4, 0.5) is 5.82 Å². The maximum atomic E-state index is 10.2. The number of carbonyl (C=O) groups excluding carboxylic acids is 1. The molecule has 4 N–H and O–H groups in total. The van der Waals surface area contributed by atoms with Crippen LogP contribution < -0.4 is 5.73 Å². The van der Waals surface area contributed by atoms with Crippen LogP contribution in [-0.4, -0.2) is 61.1 Å². The number of aliphatic hydroxyl groups excluding tert-OH is 2. The topological polar surface area (TPSA) is 146 Å². The number of nitrogens with zero attached hydrogens (tertiary/aromatic N) is 4. The van der Waals surface area contributed by atoms with E-state index < -0.39 is 24.5 Å². The number of aliphatic hydroxyl groups is 2. The Morgan fingerprint density at radius 2 is 2.19 bits per heavy atom. The summed E-state index contributed by atoms with van der Waals surface area (Å²) in [5.74, 6) is 0.202. The smallest absolute Gasteiger partial charge is 0.293 e. The van der Waals surface area contributed by atoms with Gasteiger partial charge in [-0.1, -0.05) is 0 Å². The molecule has 1 fully saturated rings. The number of nitrogens with two attached hydrogens (primary N) is 1. The van der Waals surface area contributed by atoms with E-state index in [4.69, 9.17) is 10.5 Å². The second-order valence-corrected chi connectivity index (χ2v) is 4.56. The maximum absolute atomic E-state index is 10.2. The van der Waals surface area contributed by atoms with E-state index in [9.17, 15) is 15.0 Å². The highest BCUT2D eigenvalue weighted by Crippen LogP contribution is 2.31. The first-order valence-electron chi connectivity index (χ1n) is 6.13. The molecule has 0 unspecified atom stereocenters. The molecule has 10 heteroatoms. The van der Waals surface area contributed by atoms with Crippen LogP contribution in [0.1, 0.15) is 6.23 Å². The van der Waals surface area contributed by atoms with Crippen molar-refractivity contribution in [3.8, 4) is 0 Å². The van der Waals surface area contributed by atoms with Gasteiger partial charge >= 0.3 is 0 Å². The monoisotopic (exact) mass is 295 g/mol. The number of nitrogen functional groups attached to an aromatic ring is 1. The Morgan fingerprint density at radius 3 is 2.95 bits per heavy atom. The lowest BCUT2D eigenvalue weighted by Gasteiger charge is -2.16. The Morgan fingerprint density at radius 1 is 1.38 bits per heavy atom. The lowest BCUT2D eigenvalue weighted by Crippen LogP contribution is -2.33. The summed E-state index contributed by atoms with van der Waals surface area (Å²) < 4.78 is 11.5. The number of ether oxygens (including phenoxy) is 2. The summed E-state index contributed by atoms with van der Waals surface area (Å²) in [6.45, 7) is 0.0817. The molecule has 2 aromatic heterocycles. The number of imidazole rings is 1. The van der Waals surface area contributed by atoms with Gasteiger partial charge in [-0.15, -0.1) is 0 Å². The number of hydrogen-bond donors (Lipinski definition) is 3. The van der Waals surface area contributed by atoms with Crippen molar-refractivity contribution < 1.29 is 24.5 Å². The molecule has 2 aromatic rings. The first-order chi connectivity index (χ1) is 10.1. The molecule has 10 nitrogen and oxygen atoms in total. The summed E-state index contributed by atoms with van der Waals surface area (Å²) in [5.41, 5.74) is 6.43. The van der Waals surface area contributed by atoms with E-state index >= 15 is 0 Å². The zero-order valence-electron chi connectivity index (χ0n) is 10.7. The second kappa shape index (κ2) is 5.24. The van der Waals surface area contributed by atoms with Crippen molar-refractivity contribution in [1.29, 1.82) is 0 Å². The molecule has 1 saturated heterocycles. The number of rotatable bonds is 4. The molecule has 112 valence electrons. The third-order valence-electron chi connectivity index (χ3n) is 3.33. The first-order valence-corrected chi connectivity index (χ1v) is 6.13. The van der Waals surface area contributed by atoms with Gasteiger partial charge in [0.05, 0.1) is 6.33 Å². The molecule has 0 bridgehead atoms. The predicted octanol–water partition coefficient (Wildman–Crippen LogP) is -1.80. The lowest BCUT2D eigenvalue weighted by molar-refractivity contribution is -0.135. The predicted molar refractivity (Wildman–Crippen MR) is 67.7 cm³/mol. The van der Waals surface area contributed by atoms with Gasteiger partial charge in [0, 0.05) is 0 Å². The fraction of sp³-hybridized carbons (Fsp3) is 0.455. The molecule has 0 radical (unpaired) electrons. The van der Waals surface area contributed by atoms with E-state index in [0.29, 0.717) is 11.2 Å². The van der Waals surface area contributed by atoms with E-state index in [0.717, 1.165) is 0 Å². The minimum atomic E-state index is -1.22. The molecule has 0 aromatic carbocycles. The summed E-state index contributed by atoms with van der Waals surface area (Å²) in [6, 6.07) is 0. The van der Waals surface area contributed by atoms with Crippen molar-refractivity contribution in [2.24, 2.45) is 0 Å². The Balaban J connectivity index is 1.92. The van der Waals surface area contributed by atoms with E-state index in [1.165, 1.54) is 17.2 Å². The van der Waals surface area contributed by atoms with Crippen molar-refractivity contribution in [2.75, 3.05) is 12.3 Å². The maximum Gasteiger partial charge on any atom is 0.293 e. The van der Waals surface area contributed by atoms with Crippen LogP contribution in [0.25, 0.3) is 11.2 Å². The molecule has 3 rings (SSSR count). The molecule has 0 spiro atoms. The van der Waals surface area contributed by atoms with Gasteiger partial charge in [0.1, 0.15) is 36.8 Å². The zero-order chi connectivity index (χ0) is 15.0. The molecule has 4 atom stereocenters. The van der Waals surface area contributed by atoms with Crippen LogP contribution in [-0.2, 0) is 14.3 Å². The molecular formula is C11H13N5O5. The van der Waals surface area contributed by atoms with Crippen LogP contribution in [0.3, 0.4) is 0 Å². The normalized spacial score (nSPS) is 28.9. The Hall–Kier alpha value is -2.30. The van der Waals surface area contributed by atoms with Crippen LogP contribution in [0.5, 0.6) is 0 Å². The van der Waals surface area contributed by atoms with Gasteiger partial charge in [-0.25, -0.2) is 15.0 Å². The van der Waals surface area contributed by atoms with Crippen molar-refractivity contribution in [3.05, 3.63) is 12.7 Å². The Kier molecular flexibility index (Phi) is 3.41. The summed E-state index contributed by atoms with van der Waals surface area (Å²) in [7, 11) is 0. The zero-order valence-corrected chi connectivity index (χ0v) is 10.7. The third kappa shape index (κ3) is 2.18. The summed E-state index contributed by atoms with van der Waals surface area (Å²) >= 11 is 0. The Bertz CT molecular complexity index is 661. The SMILES string of the molecule is Nc1ncnc2c1ncn2[C@@H]1O[C@@H](COC=O)[C@@H](O)[C@H]1O. The van der Waals surface area contributed by atoms with Crippen molar-refractivity contribution in [3.63, 3.8) is 0 Å². The highest BCUT2D eigenvalue weighted by atomic mass is 16.6. The van der Waals surface area contributed by atoms with E-state index in [1.54, 1.807) is 0 Å². The molecule has 1 aliphatic rings. The number of aromatic nitrogens is 4. The highest BCUT2D eigenvalue weighted by Gasteiger charge is 2.44. The first kappa shape index (κ1) is 13.7. The molecular weight excluding hydrogens is 282 g/mol. The number of hydrogen-bond acceptors (Lipinski definition) is 9. The van der Waals surface area contributed by atoms with Crippen LogP contribution in [0.2, 0.25) is 0 Å². The minimum Gasteiger partial charge on any atom is -0.465 e.